The minimum Gasteiger partial charge on any atom is -0.386 e. The number of halogens is 1. The van der Waals surface area contributed by atoms with Crippen LogP contribution in [-0.4, -0.2) is 10.6 Å². The van der Waals surface area contributed by atoms with E-state index in [4.69, 9.17) is 5.73 Å². The number of amidine groups is 1. The Morgan fingerprint density at radius 3 is 2.50 bits per heavy atom. The van der Waals surface area contributed by atoms with Gasteiger partial charge in [-0.3, -0.25) is 4.99 Å². The Hall–Kier alpha value is -1.03. The molecule has 1 rings (SSSR count). The largest absolute Gasteiger partial charge is 0.386 e. The van der Waals surface area contributed by atoms with Crippen molar-refractivity contribution < 1.29 is 4.39 Å². The fraction of sp³-hybridized carbons (Fsp3) is 0.417. The number of hydrogen-bond donors (Lipinski definition) is 2. The molecule has 1 aromatic rings. The van der Waals surface area contributed by atoms with Crippen molar-refractivity contribution in [2.45, 2.75) is 31.6 Å². The lowest BCUT2D eigenvalue weighted by Gasteiger charge is -2.18. The first-order valence-electron chi connectivity index (χ1n) is 5.13. The maximum absolute atomic E-state index is 13.5. The number of rotatable bonds is 3. The molecule has 0 spiro atoms. The fourth-order valence-electron chi connectivity index (χ4n) is 1.25. The molecule has 16 heavy (non-hydrogen) atoms. The minimum absolute atomic E-state index is 0.261. The highest BCUT2D eigenvalue weighted by atomic mass is 32.1. The summed E-state index contributed by atoms with van der Waals surface area (Å²) in [5, 5.41) is 0. The second-order valence-electron chi connectivity index (χ2n) is 4.27. The summed E-state index contributed by atoms with van der Waals surface area (Å²) in [6.45, 7) is 5.51. The summed E-state index contributed by atoms with van der Waals surface area (Å²) in [7, 11) is 0. The molecular formula is C12H17FN2S. The molecule has 0 bridgehead atoms. The van der Waals surface area contributed by atoms with Crippen LogP contribution in [0.4, 0.5) is 4.39 Å². The Balaban J connectivity index is 2.97. The maximum atomic E-state index is 13.5. The molecule has 0 aromatic heterocycles. The average Bonchev–Trinajstić information content (AvgIpc) is 2.16. The van der Waals surface area contributed by atoms with E-state index in [2.05, 4.69) is 17.6 Å². The van der Waals surface area contributed by atoms with Crippen LogP contribution in [-0.2, 0) is 0 Å². The first kappa shape index (κ1) is 13.0. The van der Waals surface area contributed by atoms with Crippen molar-refractivity contribution in [3.63, 3.8) is 0 Å². The lowest BCUT2D eigenvalue weighted by atomic mass is 10.1. The van der Waals surface area contributed by atoms with E-state index < -0.39 is 4.75 Å². The van der Waals surface area contributed by atoms with Crippen molar-refractivity contribution in [1.82, 2.24) is 0 Å². The van der Waals surface area contributed by atoms with E-state index in [1.165, 1.54) is 6.07 Å². The van der Waals surface area contributed by atoms with Crippen LogP contribution < -0.4 is 5.73 Å². The molecule has 2 nitrogen and oxygen atoms in total. The number of hydrogen-bond acceptors (Lipinski definition) is 2. The normalized spacial score (nSPS) is 14.9. The monoisotopic (exact) mass is 240 g/mol. The quantitative estimate of drug-likeness (QED) is 0.476. The van der Waals surface area contributed by atoms with E-state index in [0.29, 0.717) is 11.4 Å². The Labute approximate surface area is 101 Å². The van der Waals surface area contributed by atoms with Crippen molar-refractivity contribution in [3.8, 4) is 0 Å². The number of thiol groups is 1. The molecule has 0 aliphatic carbocycles. The highest BCUT2D eigenvalue weighted by Crippen LogP contribution is 2.22. The van der Waals surface area contributed by atoms with Gasteiger partial charge in [0.1, 0.15) is 11.7 Å². The third kappa shape index (κ3) is 3.23. The van der Waals surface area contributed by atoms with Crippen LogP contribution in [0.25, 0.3) is 0 Å². The van der Waals surface area contributed by atoms with Crippen molar-refractivity contribution in [2.24, 2.45) is 10.7 Å². The number of nitrogens with zero attached hydrogens (tertiary/aromatic N) is 1. The van der Waals surface area contributed by atoms with Crippen molar-refractivity contribution in [3.05, 3.63) is 35.6 Å². The fourth-order valence-corrected chi connectivity index (χ4v) is 1.31. The first-order valence-corrected chi connectivity index (χ1v) is 5.57. The van der Waals surface area contributed by atoms with Crippen molar-refractivity contribution >= 4 is 18.5 Å². The molecule has 0 radical (unpaired) electrons. The van der Waals surface area contributed by atoms with Gasteiger partial charge in [-0.2, -0.15) is 12.6 Å². The van der Waals surface area contributed by atoms with Gasteiger partial charge < -0.3 is 5.73 Å². The molecule has 0 heterocycles. The van der Waals surface area contributed by atoms with Crippen molar-refractivity contribution in [2.75, 3.05) is 0 Å². The summed E-state index contributed by atoms with van der Waals surface area (Å²) < 4.78 is 13.0. The van der Waals surface area contributed by atoms with Crippen LogP contribution in [0.3, 0.4) is 0 Å². The van der Waals surface area contributed by atoms with Gasteiger partial charge in [-0.25, -0.2) is 4.39 Å². The van der Waals surface area contributed by atoms with Crippen LogP contribution in [0.15, 0.2) is 29.3 Å². The van der Waals surface area contributed by atoms with Gasteiger partial charge >= 0.3 is 0 Å². The van der Waals surface area contributed by atoms with Gasteiger partial charge in [0.2, 0.25) is 0 Å². The lowest BCUT2D eigenvalue weighted by Crippen LogP contribution is -2.33. The van der Waals surface area contributed by atoms with E-state index in [0.717, 1.165) is 0 Å². The topological polar surface area (TPSA) is 38.4 Å². The summed E-state index contributed by atoms with van der Waals surface area (Å²) in [6.07, 6.45) is 0. The van der Waals surface area contributed by atoms with Gasteiger partial charge in [-0.1, -0.05) is 18.2 Å². The lowest BCUT2D eigenvalue weighted by molar-refractivity contribution is 0.593. The second kappa shape index (κ2) is 4.87. The zero-order valence-electron chi connectivity index (χ0n) is 9.74. The number of nitrogens with two attached hydrogens (primary N) is 1. The number of benzene rings is 1. The van der Waals surface area contributed by atoms with Crippen LogP contribution in [0, 0.1) is 5.82 Å². The molecule has 2 N–H and O–H groups in total. The Morgan fingerprint density at radius 2 is 2.00 bits per heavy atom. The summed E-state index contributed by atoms with van der Waals surface area (Å²) in [5.41, 5.74) is 6.33. The number of aliphatic imine (C=N–C) groups is 1. The van der Waals surface area contributed by atoms with Crippen LogP contribution >= 0.6 is 12.6 Å². The highest BCUT2D eigenvalue weighted by molar-refractivity contribution is 7.82. The standard InChI is InChI=1S/C12H17FN2S/c1-8(15-11(14)12(2,3)16)9-6-4-5-7-10(9)13/h4-8,16H,1-3H3,(H2,14,15). The van der Waals surface area contributed by atoms with Crippen LogP contribution in [0.1, 0.15) is 32.4 Å². The predicted octanol–water partition coefficient (Wildman–Crippen LogP) is 2.95. The highest BCUT2D eigenvalue weighted by Gasteiger charge is 2.18. The first-order chi connectivity index (χ1) is 7.32. The van der Waals surface area contributed by atoms with E-state index >= 15 is 0 Å². The van der Waals surface area contributed by atoms with E-state index in [9.17, 15) is 4.39 Å². The van der Waals surface area contributed by atoms with Gasteiger partial charge in [-0.05, 0) is 26.8 Å². The zero-order valence-corrected chi connectivity index (χ0v) is 10.6. The molecule has 88 valence electrons. The molecule has 1 unspecified atom stereocenters. The van der Waals surface area contributed by atoms with Gasteiger partial charge in [-0.15, -0.1) is 0 Å². The van der Waals surface area contributed by atoms with E-state index in [-0.39, 0.29) is 11.9 Å². The van der Waals surface area contributed by atoms with E-state index in [1.807, 2.05) is 20.8 Å². The van der Waals surface area contributed by atoms with Crippen LogP contribution in [0.5, 0.6) is 0 Å². The van der Waals surface area contributed by atoms with Gasteiger partial charge in [0.05, 0.1) is 10.8 Å². The molecule has 0 amide bonds. The molecule has 1 aromatic carbocycles. The molecule has 0 fully saturated rings. The van der Waals surface area contributed by atoms with Gasteiger partial charge in [0.25, 0.3) is 0 Å². The summed E-state index contributed by atoms with van der Waals surface area (Å²) in [6, 6.07) is 6.27. The molecule has 0 saturated carbocycles. The SMILES string of the molecule is CC(/N=C(/N)C(C)(C)S)c1ccccc1F. The Bertz CT molecular complexity index is 396. The molecule has 0 aliphatic rings. The summed E-state index contributed by atoms with van der Waals surface area (Å²) in [5.74, 6) is 0.148. The van der Waals surface area contributed by atoms with Gasteiger partial charge in [0, 0.05) is 5.56 Å². The summed E-state index contributed by atoms with van der Waals surface area (Å²) >= 11 is 4.31. The zero-order chi connectivity index (χ0) is 12.3. The molecular weight excluding hydrogens is 223 g/mol. The predicted molar refractivity (Wildman–Crippen MR) is 69.5 cm³/mol. The maximum Gasteiger partial charge on any atom is 0.128 e. The second-order valence-corrected chi connectivity index (χ2v) is 5.39. The Kier molecular flexibility index (Phi) is 3.97. The molecule has 0 saturated heterocycles. The van der Waals surface area contributed by atoms with E-state index in [1.54, 1.807) is 18.2 Å². The average molecular weight is 240 g/mol. The van der Waals surface area contributed by atoms with Crippen molar-refractivity contribution in [1.29, 1.82) is 0 Å². The third-order valence-electron chi connectivity index (χ3n) is 2.31. The molecule has 1 atom stereocenters. The van der Waals surface area contributed by atoms with Crippen LogP contribution in [0.2, 0.25) is 0 Å². The third-order valence-corrected chi connectivity index (χ3v) is 2.54. The van der Waals surface area contributed by atoms with Gasteiger partial charge in [0.15, 0.2) is 0 Å². The smallest absolute Gasteiger partial charge is 0.128 e. The Morgan fingerprint density at radius 1 is 1.44 bits per heavy atom. The summed E-state index contributed by atoms with van der Waals surface area (Å²) in [4.78, 5) is 4.26. The minimum atomic E-state index is -0.487. The molecule has 0 aliphatic heterocycles. The molecule has 4 heteroatoms.